The molecule has 0 radical (unpaired) electrons. The third-order valence-electron chi connectivity index (χ3n) is 3.63. The monoisotopic (exact) mass is 311 g/mol. The fraction of sp³-hybridized carbons (Fsp3) is 0.625. The largest absolute Gasteiger partial charge is 0.497 e. The summed E-state index contributed by atoms with van der Waals surface area (Å²) in [7, 11) is 3.25. The van der Waals surface area contributed by atoms with Crippen molar-refractivity contribution in [1.29, 1.82) is 0 Å². The van der Waals surface area contributed by atoms with Crippen molar-refractivity contribution in [3.63, 3.8) is 0 Å². The number of aliphatic hydroxyl groups is 1. The number of morpholine rings is 1. The standard InChI is InChI=1S/C16H25NO5/c1-19-15-3-4-16(20-2)13(9-15)11-22-12-14(18)10-17-5-7-21-8-6-17/h3-4,9,14,18H,5-8,10-12H2,1-2H3. The maximum absolute atomic E-state index is 10.0. The first-order chi connectivity index (χ1) is 10.7. The maximum Gasteiger partial charge on any atom is 0.124 e. The number of hydrogen-bond donors (Lipinski definition) is 1. The number of ether oxygens (including phenoxy) is 4. The van der Waals surface area contributed by atoms with Crippen LogP contribution in [0.1, 0.15) is 5.56 Å². The number of methoxy groups -OCH3 is 2. The first-order valence-electron chi connectivity index (χ1n) is 7.49. The van der Waals surface area contributed by atoms with Gasteiger partial charge < -0.3 is 24.1 Å². The highest BCUT2D eigenvalue weighted by atomic mass is 16.5. The predicted molar refractivity (Wildman–Crippen MR) is 82.5 cm³/mol. The van der Waals surface area contributed by atoms with E-state index < -0.39 is 6.10 Å². The van der Waals surface area contributed by atoms with E-state index in [9.17, 15) is 5.11 Å². The second-order valence-corrected chi connectivity index (χ2v) is 5.26. The minimum absolute atomic E-state index is 0.289. The van der Waals surface area contributed by atoms with Gasteiger partial charge in [-0.3, -0.25) is 4.90 Å². The van der Waals surface area contributed by atoms with Gasteiger partial charge >= 0.3 is 0 Å². The number of nitrogens with zero attached hydrogens (tertiary/aromatic N) is 1. The summed E-state index contributed by atoms with van der Waals surface area (Å²) in [6.45, 7) is 4.46. The van der Waals surface area contributed by atoms with Crippen LogP contribution < -0.4 is 9.47 Å². The molecule has 1 aromatic rings. The number of rotatable bonds is 8. The number of β-amino-alcohol motifs (C(OH)–C–C–N with tert-alkyl or cyclic N) is 1. The summed E-state index contributed by atoms with van der Waals surface area (Å²) < 4.78 is 21.4. The molecule has 6 heteroatoms. The van der Waals surface area contributed by atoms with Gasteiger partial charge in [-0.2, -0.15) is 0 Å². The molecule has 0 bridgehead atoms. The van der Waals surface area contributed by atoms with E-state index in [1.165, 1.54) is 0 Å². The van der Waals surface area contributed by atoms with Crippen LogP contribution in [0, 0.1) is 0 Å². The van der Waals surface area contributed by atoms with Gasteiger partial charge in [0.15, 0.2) is 0 Å². The second kappa shape index (κ2) is 8.95. The zero-order valence-corrected chi connectivity index (χ0v) is 13.3. The molecule has 22 heavy (non-hydrogen) atoms. The SMILES string of the molecule is COc1ccc(OC)c(COCC(O)CN2CCOCC2)c1. The van der Waals surface area contributed by atoms with Crippen molar-refractivity contribution < 1.29 is 24.1 Å². The van der Waals surface area contributed by atoms with E-state index in [-0.39, 0.29) is 6.61 Å². The zero-order valence-electron chi connectivity index (χ0n) is 13.3. The fourth-order valence-electron chi connectivity index (χ4n) is 2.43. The maximum atomic E-state index is 10.0. The van der Waals surface area contributed by atoms with Crippen molar-refractivity contribution in [3.8, 4) is 11.5 Å². The van der Waals surface area contributed by atoms with E-state index >= 15 is 0 Å². The van der Waals surface area contributed by atoms with Gasteiger partial charge in [0.05, 0.1) is 46.8 Å². The Balaban J connectivity index is 1.77. The van der Waals surface area contributed by atoms with E-state index in [0.29, 0.717) is 13.2 Å². The molecule has 1 fully saturated rings. The van der Waals surface area contributed by atoms with Crippen LogP contribution >= 0.6 is 0 Å². The van der Waals surface area contributed by atoms with Crippen LogP contribution in [0.15, 0.2) is 18.2 Å². The quantitative estimate of drug-likeness (QED) is 0.770. The Kier molecular flexibility index (Phi) is 6.92. The molecule has 1 aliphatic rings. The molecule has 1 N–H and O–H groups in total. The Hall–Kier alpha value is -1.34. The molecule has 0 aliphatic carbocycles. The van der Waals surface area contributed by atoms with Crippen LogP contribution in [-0.2, 0) is 16.1 Å². The van der Waals surface area contributed by atoms with E-state index in [2.05, 4.69) is 4.90 Å². The molecule has 1 atom stereocenters. The molecule has 1 saturated heterocycles. The van der Waals surface area contributed by atoms with Crippen molar-refractivity contribution in [1.82, 2.24) is 4.90 Å². The summed E-state index contributed by atoms with van der Waals surface area (Å²) in [6.07, 6.45) is -0.505. The lowest BCUT2D eigenvalue weighted by atomic mass is 10.2. The molecular formula is C16H25NO5. The molecule has 0 amide bonds. The highest BCUT2D eigenvalue weighted by molar-refractivity contribution is 5.39. The lowest BCUT2D eigenvalue weighted by Crippen LogP contribution is -2.42. The van der Waals surface area contributed by atoms with Crippen LogP contribution in [0.5, 0.6) is 11.5 Å². The van der Waals surface area contributed by atoms with Crippen molar-refractivity contribution in [2.75, 3.05) is 53.7 Å². The van der Waals surface area contributed by atoms with Crippen LogP contribution in [0.4, 0.5) is 0 Å². The normalized spacial score (nSPS) is 17.2. The van der Waals surface area contributed by atoms with Crippen molar-refractivity contribution in [2.24, 2.45) is 0 Å². The summed E-state index contributed by atoms with van der Waals surface area (Å²) in [5.41, 5.74) is 0.903. The Labute approximate surface area is 131 Å². The van der Waals surface area contributed by atoms with Gasteiger partial charge in [-0.05, 0) is 18.2 Å². The minimum Gasteiger partial charge on any atom is -0.497 e. The van der Waals surface area contributed by atoms with E-state index in [4.69, 9.17) is 18.9 Å². The number of aliphatic hydroxyl groups excluding tert-OH is 1. The number of benzene rings is 1. The summed E-state index contributed by atoms with van der Waals surface area (Å²) in [6, 6.07) is 5.57. The lowest BCUT2D eigenvalue weighted by Gasteiger charge is -2.28. The van der Waals surface area contributed by atoms with E-state index in [1.807, 2.05) is 18.2 Å². The summed E-state index contributed by atoms with van der Waals surface area (Å²) in [5.74, 6) is 1.51. The second-order valence-electron chi connectivity index (χ2n) is 5.26. The topological polar surface area (TPSA) is 60.4 Å². The van der Waals surface area contributed by atoms with Crippen molar-refractivity contribution in [3.05, 3.63) is 23.8 Å². The Morgan fingerprint density at radius 2 is 2.00 bits per heavy atom. The van der Waals surface area contributed by atoms with Crippen LogP contribution in [-0.4, -0.2) is 69.8 Å². The van der Waals surface area contributed by atoms with Gasteiger partial charge in [-0.25, -0.2) is 0 Å². The molecule has 0 saturated carbocycles. The predicted octanol–water partition coefficient (Wildman–Crippen LogP) is 0.913. The molecular weight excluding hydrogens is 286 g/mol. The third kappa shape index (κ3) is 5.14. The first kappa shape index (κ1) is 17.0. The van der Waals surface area contributed by atoms with Gasteiger partial charge in [0.2, 0.25) is 0 Å². The van der Waals surface area contributed by atoms with E-state index in [1.54, 1.807) is 14.2 Å². The molecule has 1 aromatic carbocycles. The molecule has 0 spiro atoms. The van der Waals surface area contributed by atoms with Crippen LogP contribution in [0.2, 0.25) is 0 Å². The van der Waals surface area contributed by atoms with Gasteiger partial charge in [0, 0.05) is 25.2 Å². The third-order valence-corrected chi connectivity index (χ3v) is 3.63. The molecule has 1 heterocycles. The zero-order chi connectivity index (χ0) is 15.8. The number of hydrogen-bond acceptors (Lipinski definition) is 6. The molecule has 2 rings (SSSR count). The molecule has 1 unspecified atom stereocenters. The highest BCUT2D eigenvalue weighted by Crippen LogP contribution is 2.24. The first-order valence-corrected chi connectivity index (χ1v) is 7.49. The molecule has 0 aromatic heterocycles. The Morgan fingerprint density at radius 1 is 1.23 bits per heavy atom. The summed E-state index contributed by atoms with van der Waals surface area (Å²) in [4.78, 5) is 2.18. The average Bonchev–Trinajstić information content (AvgIpc) is 2.55. The lowest BCUT2D eigenvalue weighted by molar-refractivity contribution is -0.0177. The Morgan fingerprint density at radius 3 is 2.68 bits per heavy atom. The smallest absolute Gasteiger partial charge is 0.124 e. The molecule has 1 aliphatic heterocycles. The van der Waals surface area contributed by atoms with Crippen molar-refractivity contribution >= 4 is 0 Å². The summed E-state index contributed by atoms with van der Waals surface area (Å²) in [5, 5.41) is 10.0. The average molecular weight is 311 g/mol. The van der Waals surface area contributed by atoms with Crippen LogP contribution in [0.3, 0.4) is 0 Å². The van der Waals surface area contributed by atoms with Gasteiger partial charge in [0.25, 0.3) is 0 Å². The van der Waals surface area contributed by atoms with Gasteiger partial charge in [-0.1, -0.05) is 0 Å². The van der Waals surface area contributed by atoms with Gasteiger partial charge in [-0.15, -0.1) is 0 Å². The van der Waals surface area contributed by atoms with Crippen LogP contribution in [0.25, 0.3) is 0 Å². The summed E-state index contributed by atoms with van der Waals surface area (Å²) >= 11 is 0. The highest BCUT2D eigenvalue weighted by Gasteiger charge is 2.15. The van der Waals surface area contributed by atoms with Gasteiger partial charge in [0.1, 0.15) is 11.5 Å². The van der Waals surface area contributed by atoms with Crippen molar-refractivity contribution in [2.45, 2.75) is 12.7 Å². The van der Waals surface area contributed by atoms with E-state index in [0.717, 1.165) is 43.4 Å². The minimum atomic E-state index is -0.505. The molecule has 124 valence electrons. The molecule has 6 nitrogen and oxygen atoms in total. The Bertz CT molecular complexity index is 448. The fourth-order valence-corrected chi connectivity index (χ4v) is 2.43.